The number of rotatable bonds is 7. The van der Waals surface area contributed by atoms with Crippen molar-refractivity contribution in [1.29, 1.82) is 0 Å². The highest BCUT2D eigenvalue weighted by molar-refractivity contribution is 5.76. The van der Waals surface area contributed by atoms with E-state index in [0.717, 1.165) is 25.9 Å². The van der Waals surface area contributed by atoms with Crippen molar-refractivity contribution in [1.82, 2.24) is 4.90 Å². The maximum atomic E-state index is 11.8. The normalized spacial score (nSPS) is 20.2. The molecule has 5 heteroatoms. The molecule has 1 saturated heterocycles. The predicted molar refractivity (Wildman–Crippen MR) is 63.6 cm³/mol. The van der Waals surface area contributed by atoms with Gasteiger partial charge in [0.15, 0.2) is 0 Å². The molecule has 0 aromatic rings. The van der Waals surface area contributed by atoms with Crippen LogP contribution in [0.2, 0.25) is 0 Å². The molecular formula is C12H23NO4. The average molecular weight is 245 g/mol. The molecule has 0 aromatic carbocycles. The molecule has 1 unspecified atom stereocenters. The smallest absolute Gasteiger partial charge is 0.222 e. The molecule has 1 amide bonds. The summed E-state index contributed by atoms with van der Waals surface area (Å²) in [5.74, 6) is -0.0118. The molecule has 0 saturated carbocycles. The zero-order chi connectivity index (χ0) is 12.5. The van der Waals surface area contributed by atoms with Gasteiger partial charge in [0.1, 0.15) is 0 Å². The van der Waals surface area contributed by atoms with Crippen molar-refractivity contribution in [2.75, 3.05) is 32.9 Å². The molecule has 1 aliphatic rings. The summed E-state index contributed by atoms with van der Waals surface area (Å²) >= 11 is 0. The summed E-state index contributed by atoms with van der Waals surface area (Å²) in [5.41, 5.74) is 0. The van der Waals surface area contributed by atoms with Gasteiger partial charge in [-0.2, -0.15) is 0 Å². The van der Waals surface area contributed by atoms with Crippen LogP contribution in [0.25, 0.3) is 0 Å². The van der Waals surface area contributed by atoms with Gasteiger partial charge in [0.05, 0.1) is 19.3 Å². The first-order valence-corrected chi connectivity index (χ1v) is 6.39. The molecule has 0 spiro atoms. The second-order valence-corrected chi connectivity index (χ2v) is 4.36. The number of amides is 1. The highest BCUT2D eigenvalue weighted by Crippen LogP contribution is 2.17. The molecule has 1 aliphatic heterocycles. The number of aliphatic hydroxyl groups is 2. The molecule has 5 nitrogen and oxygen atoms in total. The Morgan fingerprint density at radius 3 is 2.47 bits per heavy atom. The first-order valence-electron chi connectivity index (χ1n) is 6.39. The zero-order valence-electron chi connectivity index (χ0n) is 10.3. The van der Waals surface area contributed by atoms with Crippen molar-refractivity contribution < 1.29 is 19.7 Å². The molecule has 17 heavy (non-hydrogen) atoms. The molecule has 0 aliphatic carbocycles. The summed E-state index contributed by atoms with van der Waals surface area (Å²) in [4.78, 5) is 13.3. The Morgan fingerprint density at radius 1 is 1.24 bits per heavy atom. The van der Waals surface area contributed by atoms with Crippen molar-refractivity contribution in [3.8, 4) is 0 Å². The van der Waals surface area contributed by atoms with Crippen molar-refractivity contribution in [3.05, 3.63) is 0 Å². The van der Waals surface area contributed by atoms with Gasteiger partial charge in [0.2, 0.25) is 5.91 Å². The Labute approximate surface area is 102 Å². The van der Waals surface area contributed by atoms with Crippen LogP contribution in [0.5, 0.6) is 0 Å². The minimum absolute atomic E-state index is 0.0118. The first-order chi connectivity index (χ1) is 8.27. The van der Waals surface area contributed by atoms with Gasteiger partial charge in [-0.3, -0.25) is 4.79 Å². The number of aliphatic hydroxyl groups excluding tert-OH is 2. The largest absolute Gasteiger partial charge is 0.395 e. The molecule has 1 fully saturated rings. The van der Waals surface area contributed by atoms with E-state index in [1.54, 1.807) is 0 Å². The number of nitrogens with zero attached hydrogens (tertiary/aromatic N) is 1. The SMILES string of the molecule is O=C(CCC1CCCCO1)N(CCO)CCO. The van der Waals surface area contributed by atoms with E-state index in [9.17, 15) is 4.79 Å². The van der Waals surface area contributed by atoms with Crippen molar-refractivity contribution >= 4 is 5.91 Å². The third-order valence-electron chi connectivity index (χ3n) is 3.05. The molecule has 1 heterocycles. The quantitative estimate of drug-likeness (QED) is 0.670. The Morgan fingerprint density at radius 2 is 1.94 bits per heavy atom. The van der Waals surface area contributed by atoms with Crippen LogP contribution < -0.4 is 0 Å². The fraction of sp³-hybridized carbons (Fsp3) is 0.917. The van der Waals surface area contributed by atoms with E-state index < -0.39 is 0 Å². The van der Waals surface area contributed by atoms with Gasteiger partial charge in [-0.05, 0) is 25.7 Å². The Hall–Kier alpha value is -0.650. The molecule has 100 valence electrons. The molecule has 1 atom stereocenters. The summed E-state index contributed by atoms with van der Waals surface area (Å²) in [7, 11) is 0. The minimum Gasteiger partial charge on any atom is -0.395 e. The maximum absolute atomic E-state index is 11.8. The fourth-order valence-electron chi connectivity index (χ4n) is 2.08. The van der Waals surface area contributed by atoms with Crippen LogP contribution in [0.15, 0.2) is 0 Å². The highest BCUT2D eigenvalue weighted by Gasteiger charge is 2.18. The number of carbonyl (C=O) groups excluding carboxylic acids is 1. The standard InChI is InChI=1S/C12H23NO4/c14-8-6-13(7-9-15)12(16)5-4-11-3-1-2-10-17-11/h11,14-15H,1-10H2. The first kappa shape index (κ1) is 14.4. The third kappa shape index (κ3) is 5.48. The second-order valence-electron chi connectivity index (χ2n) is 4.36. The number of hydrogen-bond acceptors (Lipinski definition) is 4. The predicted octanol–water partition coefficient (Wildman–Crippen LogP) is 0.149. The molecule has 1 rings (SSSR count). The summed E-state index contributed by atoms with van der Waals surface area (Å²) in [6.45, 7) is 1.27. The minimum atomic E-state index is -0.0638. The van der Waals surface area contributed by atoms with E-state index in [2.05, 4.69) is 0 Å². The van der Waals surface area contributed by atoms with E-state index in [1.807, 2.05) is 0 Å². The summed E-state index contributed by atoms with van der Waals surface area (Å²) < 4.78 is 5.56. The number of hydrogen-bond donors (Lipinski definition) is 2. The number of ether oxygens (including phenoxy) is 1. The van der Waals surface area contributed by atoms with Gasteiger partial charge in [-0.1, -0.05) is 0 Å². The molecule has 0 radical (unpaired) electrons. The van der Waals surface area contributed by atoms with Gasteiger partial charge >= 0.3 is 0 Å². The van der Waals surface area contributed by atoms with E-state index in [0.29, 0.717) is 19.5 Å². The van der Waals surface area contributed by atoms with E-state index in [1.165, 1.54) is 11.3 Å². The third-order valence-corrected chi connectivity index (χ3v) is 3.05. The van der Waals surface area contributed by atoms with Crippen LogP contribution >= 0.6 is 0 Å². The fourth-order valence-corrected chi connectivity index (χ4v) is 2.08. The van der Waals surface area contributed by atoms with Gasteiger partial charge in [0.25, 0.3) is 0 Å². The van der Waals surface area contributed by atoms with E-state index >= 15 is 0 Å². The van der Waals surface area contributed by atoms with Gasteiger partial charge in [0, 0.05) is 26.1 Å². The zero-order valence-corrected chi connectivity index (χ0v) is 10.3. The average Bonchev–Trinajstić information content (AvgIpc) is 2.37. The van der Waals surface area contributed by atoms with Crippen LogP contribution in [0.1, 0.15) is 32.1 Å². The van der Waals surface area contributed by atoms with Crippen molar-refractivity contribution in [3.63, 3.8) is 0 Å². The Balaban J connectivity index is 2.25. The van der Waals surface area contributed by atoms with Crippen LogP contribution in [-0.4, -0.2) is 60.0 Å². The Bertz CT molecular complexity index is 211. The lowest BCUT2D eigenvalue weighted by molar-refractivity contribution is -0.133. The maximum Gasteiger partial charge on any atom is 0.222 e. The lowest BCUT2D eigenvalue weighted by atomic mass is 10.0. The lowest BCUT2D eigenvalue weighted by Crippen LogP contribution is -2.36. The van der Waals surface area contributed by atoms with Crippen molar-refractivity contribution in [2.24, 2.45) is 0 Å². The van der Waals surface area contributed by atoms with Gasteiger partial charge in [-0.15, -0.1) is 0 Å². The summed E-state index contributed by atoms with van der Waals surface area (Å²) in [6, 6.07) is 0. The topological polar surface area (TPSA) is 70.0 Å². The molecular weight excluding hydrogens is 222 g/mol. The highest BCUT2D eigenvalue weighted by atomic mass is 16.5. The van der Waals surface area contributed by atoms with Crippen LogP contribution in [0, 0.1) is 0 Å². The number of carbonyl (C=O) groups is 1. The van der Waals surface area contributed by atoms with Crippen LogP contribution in [-0.2, 0) is 9.53 Å². The molecule has 2 N–H and O–H groups in total. The summed E-state index contributed by atoms with van der Waals surface area (Å²) in [6.07, 6.45) is 4.71. The van der Waals surface area contributed by atoms with E-state index in [-0.39, 0.29) is 25.2 Å². The van der Waals surface area contributed by atoms with Gasteiger partial charge in [-0.25, -0.2) is 0 Å². The van der Waals surface area contributed by atoms with Crippen LogP contribution in [0.3, 0.4) is 0 Å². The molecule has 0 aromatic heterocycles. The van der Waals surface area contributed by atoms with Gasteiger partial charge < -0.3 is 19.8 Å². The lowest BCUT2D eigenvalue weighted by Gasteiger charge is -2.24. The second kappa shape index (κ2) is 8.44. The van der Waals surface area contributed by atoms with Crippen molar-refractivity contribution in [2.45, 2.75) is 38.2 Å². The van der Waals surface area contributed by atoms with E-state index in [4.69, 9.17) is 14.9 Å². The monoisotopic (exact) mass is 245 g/mol. The molecule has 0 bridgehead atoms. The van der Waals surface area contributed by atoms with Crippen LogP contribution in [0.4, 0.5) is 0 Å². The Kier molecular flexibility index (Phi) is 7.16. The summed E-state index contributed by atoms with van der Waals surface area (Å²) in [5, 5.41) is 17.7.